The van der Waals surface area contributed by atoms with Crippen molar-refractivity contribution in [1.29, 1.82) is 0 Å². The zero-order chi connectivity index (χ0) is 16.9. The van der Waals surface area contributed by atoms with E-state index in [0.29, 0.717) is 10.7 Å². The summed E-state index contributed by atoms with van der Waals surface area (Å²) in [6, 6.07) is 8.63. The first kappa shape index (κ1) is 15.9. The van der Waals surface area contributed by atoms with E-state index in [9.17, 15) is 9.59 Å². The van der Waals surface area contributed by atoms with Crippen LogP contribution in [0.5, 0.6) is 5.75 Å². The first-order chi connectivity index (χ1) is 11.7. The summed E-state index contributed by atoms with van der Waals surface area (Å²) in [5.41, 5.74) is 1.08. The van der Waals surface area contributed by atoms with Crippen molar-refractivity contribution in [2.75, 3.05) is 7.11 Å². The summed E-state index contributed by atoms with van der Waals surface area (Å²) in [5.74, 6) is 0.245. The molecule has 7 heteroatoms. The lowest BCUT2D eigenvalue weighted by atomic mass is 10.2. The predicted molar refractivity (Wildman–Crippen MR) is 91.2 cm³/mol. The third-order valence-corrected chi connectivity index (χ3v) is 4.00. The Balaban J connectivity index is 1.61. The van der Waals surface area contributed by atoms with Crippen LogP contribution in [-0.4, -0.2) is 22.5 Å². The van der Waals surface area contributed by atoms with Crippen LogP contribution in [0.25, 0.3) is 11.0 Å². The Bertz CT molecular complexity index is 941. The zero-order valence-electron chi connectivity index (χ0n) is 12.8. The number of methoxy groups -OCH3 is 1. The minimum Gasteiger partial charge on any atom is -0.497 e. The van der Waals surface area contributed by atoms with E-state index in [4.69, 9.17) is 9.47 Å². The van der Waals surface area contributed by atoms with Crippen LogP contribution in [0.15, 0.2) is 52.8 Å². The molecule has 3 rings (SSSR count). The van der Waals surface area contributed by atoms with E-state index in [1.54, 1.807) is 36.9 Å². The summed E-state index contributed by atoms with van der Waals surface area (Å²) in [7, 11) is 1.59. The minimum atomic E-state index is -0.501. The average Bonchev–Trinajstić information content (AvgIpc) is 3.08. The van der Waals surface area contributed by atoms with Crippen molar-refractivity contribution < 1.29 is 14.3 Å². The quantitative estimate of drug-likeness (QED) is 0.526. The van der Waals surface area contributed by atoms with Gasteiger partial charge in [0.05, 0.1) is 12.8 Å². The maximum absolute atomic E-state index is 11.8. The Kier molecular flexibility index (Phi) is 4.72. The van der Waals surface area contributed by atoms with Crippen molar-refractivity contribution in [2.45, 2.75) is 6.61 Å². The van der Waals surface area contributed by atoms with Gasteiger partial charge < -0.3 is 9.47 Å². The molecule has 0 spiro atoms. The van der Waals surface area contributed by atoms with E-state index in [0.717, 1.165) is 11.3 Å². The van der Waals surface area contributed by atoms with Crippen molar-refractivity contribution in [3.8, 4) is 5.75 Å². The van der Waals surface area contributed by atoms with E-state index in [1.165, 1.54) is 27.9 Å². The van der Waals surface area contributed by atoms with Gasteiger partial charge in [0.2, 0.25) is 0 Å². The second-order valence-corrected chi connectivity index (χ2v) is 5.73. The van der Waals surface area contributed by atoms with Crippen LogP contribution in [0.1, 0.15) is 11.3 Å². The average molecular weight is 342 g/mol. The number of aromatic nitrogens is 2. The smallest absolute Gasteiger partial charge is 0.331 e. The van der Waals surface area contributed by atoms with Gasteiger partial charge in [-0.3, -0.25) is 9.20 Å². The first-order valence-electron chi connectivity index (χ1n) is 7.10. The molecule has 0 saturated carbocycles. The van der Waals surface area contributed by atoms with Gasteiger partial charge in [-0.2, -0.15) is 0 Å². The molecule has 0 aliphatic heterocycles. The highest BCUT2D eigenvalue weighted by Gasteiger charge is 2.05. The molecule has 0 aliphatic rings. The molecule has 0 radical (unpaired) electrons. The minimum absolute atomic E-state index is 0.0462. The number of thiazole rings is 1. The van der Waals surface area contributed by atoms with E-state index in [2.05, 4.69) is 4.98 Å². The fourth-order valence-corrected chi connectivity index (χ4v) is 2.77. The highest BCUT2D eigenvalue weighted by atomic mass is 32.1. The van der Waals surface area contributed by atoms with E-state index in [1.807, 2.05) is 12.1 Å². The number of hydrogen-bond donors (Lipinski definition) is 0. The van der Waals surface area contributed by atoms with Crippen LogP contribution < -0.4 is 10.3 Å². The number of rotatable bonds is 5. The van der Waals surface area contributed by atoms with Crippen molar-refractivity contribution in [3.63, 3.8) is 0 Å². The molecule has 24 heavy (non-hydrogen) atoms. The van der Waals surface area contributed by atoms with Gasteiger partial charge in [0, 0.05) is 23.7 Å². The molecule has 0 N–H and O–H groups in total. The number of carbonyl (C=O) groups is 1. The van der Waals surface area contributed by atoms with Gasteiger partial charge in [-0.15, -0.1) is 11.3 Å². The topological polar surface area (TPSA) is 69.9 Å². The fourth-order valence-electron chi connectivity index (χ4n) is 2.03. The van der Waals surface area contributed by atoms with Crippen molar-refractivity contribution in [1.82, 2.24) is 9.38 Å². The number of fused-ring (bicyclic) bond motifs is 1. The van der Waals surface area contributed by atoms with E-state index >= 15 is 0 Å². The van der Waals surface area contributed by atoms with Crippen LogP contribution >= 0.6 is 11.3 Å². The summed E-state index contributed by atoms with van der Waals surface area (Å²) in [6.45, 7) is -0.0462. The van der Waals surface area contributed by atoms with Crippen LogP contribution in [0.3, 0.4) is 0 Å². The van der Waals surface area contributed by atoms with Crippen LogP contribution in [0.2, 0.25) is 0 Å². The van der Waals surface area contributed by atoms with Gasteiger partial charge in [-0.1, -0.05) is 12.1 Å². The van der Waals surface area contributed by atoms with Gasteiger partial charge in [-0.25, -0.2) is 9.78 Å². The molecule has 0 amide bonds. The number of hydrogen-bond acceptors (Lipinski definition) is 6. The number of benzene rings is 1. The Morgan fingerprint density at radius 2 is 2.12 bits per heavy atom. The molecule has 0 atom stereocenters. The lowest BCUT2D eigenvalue weighted by molar-refractivity contribution is -0.139. The van der Waals surface area contributed by atoms with Crippen molar-refractivity contribution in [2.24, 2.45) is 0 Å². The van der Waals surface area contributed by atoms with Gasteiger partial charge in [-0.05, 0) is 23.8 Å². The van der Waals surface area contributed by atoms with Gasteiger partial charge in [0.25, 0.3) is 5.56 Å². The van der Waals surface area contributed by atoms with Gasteiger partial charge in [0.15, 0.2) is 4.96 Å². The zero-order valence-corrected chi connectivity index (χ0v) is 13.7. The van der Waals surface area contributed by atoms with Crippen LogP contribution in [0, 0.1) is 0 Å². The Labute approximate surface area is 141 Å². The lowest BCUT2D eigenvalue weighted by Gasteiger charge is -2.02. The fraction of sp³-hybridized carbons (Fsp3) is 0.118. The summed E-state index contributed by atoms with van der Waals surface area (Å²) in [4.78, 5) is 28.4. The van der Waals surface area contributed by atoms with Crippen molar-refractivity contribution in [3.05, 3.63) is 69.6 Å². The molecular formula is C17H14N2O4S. The van der Waals surface area contributed by atoms with Gasteiger partial charge >= 0.3 is 5.97 Å². The molecule has 0 unspecified atom stereocenters. The summed E-state index contributed by atoms with van der Waals surface area (Å²) in [6.07, 6.45) is 4.63. The maximum atomic E-state index is 11.8. The normalized spacial score (nSPS) is 11.0. The third-order valence-electron chi connectivity index (χ3n) is 3.25. The van der Waals surface area contributed by atoms with Crippen LogP contribution in [-0.2, 0) is 16.1 Å². The molecule has 2 heterocycles. The highest BCUT2D eigenvalue weighted by Crippen LogP contribution is 2.12. The van der Waals surface area contributed by atoms with Crippen molar-refractivity contribution >= 4 is 28.3 Å². The second-order valence-electron chi connectivity index (χ2n) is 4.86. The number of esters is 1. The highest BCUT2D eigenvalue weighted by molar-refractivity contribution is 7.15. The molecule has 0 saturated heterocycles. The number of ether oxygens (including phenoxy) is 2. The maximum Gasteiger partial charge on any atom is 0.331 e. The molecule has 3 aromatic rings. The standard InChI is InChI=1S/C17H14N2O4S/c1-22-14-5-2-12(3-6-14)4-7-16(21)23-11-13-10-15(20)19-8-9-24-17(19)18-13/h2-10H,11H2,1H3/b7-4+. The summed E-state index contributed by atoms with van der Waals surface area (Å²) >= 11 is 1.35. The SMILES string of the molecule is COc1ccc(/C=C/C(=O)OCc2cc(=O)n3ccsc3n2)cc1. The molecule has 0 bridgehead atoms. The number of nitrogens with zero attached hydrogens (tertiary/aromatic N) is 2. The molecule has 6 nitrogen and oxygen atoms in total. The largest absolute Gasteiger partial charge is 0.497 e. The Morgan fingerprint density at radius 1 is 1.33 bits per heavy atom. The molecule has 122 valence electrons. The second kappa shape index (κ2) is 7.10. The van der Waals surface area contributed by atoms with Crippen LogP contribution in [0.4, 0.5) is 0 Å². The predicted octanol–water partition coefficient (Wildman–Crippen LogP) is 2.52. The van der Waals surface area contributed by atoms with E-state index in [-0.39, 0.29) is 12.2 Å². The Hall–Kier alpha value is -2.93. The monoisotopic (exact) mass is 342 g/mol. The molecule has 0 aliphatic carbocycles. The third kappa shape index (κ3) is 3.69. The Morgan fingerprint density at radius 3 is 2.88 bits per heavy atom. The molecule has 1 aromatic carbocycles. The summed E-state index contributed by atoms with van der Waals surface area (Å²) < 4.78 is 11.6. The van der Waals surface area contributed by atoms with Gasteiger partial charge in [0.1, 0.15) is 12.4 Å². The lowest BCUT2D eigenvalue weighted by Crippen LogP contribution is -2.14. The first-order valence-corrected chi connectivity index (χ1v) is 7.98. The molecule has 2 aromatic heterocycles. The van der Waals surface area contributed by atoms with E-state index < -0.39 is 5.97 Å². The number of carbonyl (C=O) groups excluding carboxylic acids is 1. The molecule has 0 fully saturated rings. The molecular weight excluding hydrogens is 328 g/mol. The summed E-state index contributed by atoms with van der Waals surface area (Å²) in [5, 5.41) is 1.77.